The molecule has 1 N–H and O–H groups in total. The van der Waals surface area contributed by atoms with Gasteiger partial charge in [-0.1, -0.05) is 64.7 Å². The number of nitrogens with one attached hydrogen (secondary N) is 1. The molecule has 3 atom stereocenters. The van der Waals surface area contributed by atoms with E-state index in [2.05, 4.69) is 20.1 Å². The first kappa shape index (κ1) is 20.0. The van der Waals surface area contributed by atoms with Crippen LogP contribution in [-0.4, -0.2) is 46.3 Å². The van der Waals surface area contributed by atoms with Gasteiger partial charge in [-0.15, -0.1) is 0 Å². The van der Waals surface area contributed by atoms with Gasteiger partial charge in [0.2, 0.25) is 0 Å². The van der Waals surface area contributed by atoms with Crippen molar-refractivity contribution < 1.29 is 9.47 Å². The summed E-state index contributed by atoms with van der Waals surface area (Å²) < 4.78 is 11.1. The van der Waals surface area contributed by atoms with Crippen LogP contribution in [0.5, 0.6) is 0 Å². The molecule has 0 aromatic carbocycles. The molecule has 130 valence electrons. The van der Waals surface area contributed by atoms with E-state index in [-0.39, 0.29) is 6.10 Å². The van der Waals surface area contributed by atoms with Crippen molar-refractivity contribution in [3.63, 3.8) is 0 Å². The summed E-state index contributed by atoms with van der Waals surface area (Å²) >= 11 is 0. The lowest BCUT2D eigenvalue weighted by molar-refractivity contribution is 0.0161. The number of unbranched alkanes of at least 4 members (excludes halogenated alkanes) is 9. The zero-order valence-corrected chi connectivity index (χ0v) is 15.2. The van der Waals surface area contributed by atoms with Gasteiger partial charge in [-0.3, -0.25) is 0 Å². The molecule has 4 heteroatoms. The van der Waals surface area contributed by atoms with Gasteiger partial charge in [0.15, 0.2) is 0 Å². The van der Waals surface area contributed by atoms with E-state index in [0.29, 0.717) is 18.7 Å². The molecule has 0 radical (unpaired) electrons. The predicted molar refractivity (Wildman–Crippen MR) is 97.3 cm³/mol. The summed E-state index contributed by atoms with van der Waals surface area (Å²) in [5.41, 5.74) is 0. The molecule has 0 spiro atoms. The van der Waals surface area contributed by atoms with E-state index in [9.17, 15) is 0 Å². The van der Waals surface area contributed by atoms with Crippen molar-refractivity contribution in [1.82, 2.24) is 5.32 Å². The van der Waals surface area contributed by atoms with Gasteiger partial charge < -0.3 is 14.8 Å². The topological polar surface area (TPSA) is 30.5 Å². The third kappa shape index (κ3) is 9.17. The van der Waals surface area contributed by atoms with Crippen LogP contribution in [0.2, 0.25) is 0 Å². The summed E-state index contributed by atoms with van der Waals surface area (Å²) in [6.07, 6.45) is 15.3. The molecule has 1 unspecified atom stereocenters. The predicted octanol–water partition coefficient (Wildman–Crippen LogP) is 3.26. The van der Waals surface area contributed by atoms with Crippen LogP contribution in [0.15, 0.2) is 0 Å². The van der Waals surface area contributed by atoms with Crippen LogP contribution >= 0.6 is 0 Å². The highest BCUT2D eigenvalue weighted by atomic mass is 16.5. The minimum atomic E-state index is 0.239. The standard InChI is InChI=1S/C18H38BNO2/c1-3-4-5-6-7-8-9-10-11-12-13-20-16-14-18(19)22-17(16)15-21-2/h16-18,20H,3-15,19H2,1-2H3/t16?,17-,18-/m1/s1. The Labute approximate surface area is 139 Å². The van der Waals surface area contributed by atoms with Crippen LogP contribution in [0.25, 0.3) is 0 Å². The lowest BCUT2D eigenvalue weighted by Gasteiger charge is -2.19. The molecule has 1 heterocycles. The Morgan fingerprint density at radius 3 is 2.18 bits per heavy atom. The quantitative estimate of drug-likeness (QED) is 0.394. The molecule has 1 saturated heterocycles. The maximum absolute atomic E-state index is 5.88. The summed E-state index contributed by atoms with van der Waals surface area (Å²) in [4.78, 5) is 0. The van der Waals surface area contributed by atoms with Gasteiger partial charge in [-0.25, -0.2) is 0 Å². The second kappa shape index (κ2) is 13.4. The van der Waals surface area contributed by atoms with E-state index in [0.717, 1.165) is 13.0 Å². The van der Waals surface area contributed by atoms with E-state index in [1.54, 1.807) is 7.11 Å². The molecule has 0 amide bonds. The third-order valence-corrected chi connectivity index (χ3v) is 4.71. The third-order valence-electron chi connectivity index (χ3n) is 4.71. The molecule has 1 aliphatic rings. The van der Waals surface area contributed by atoms with Crippen LogP contribution in [-0.2, 0) is 9.47 Å². The van der Waals surface area contributed by atoms with Crippen LogP contribution in [0.3, 0.4) is 0 Å². The Balaban J connectivity index is 1.88. The van der Waals surface area contributed by atoms with Crippen LogP contribution < -0.4 is 5.32 Å². The molecular formula is C18H38BNO2. The van der Waals surface area contributed by atoms with Crippen molar-refractivity contribution in [2.45, 2.75) is 95.7 Å². The first-order valence-corrected chi connectivity index (χ1v) is 9.65. The minimum absolute atomic E-state index is 0.239. The minimum Gasteiger partial charge on any atom is -0.382 e. The molecule has 0 aromatic heterocycles. The molecule has 0 aliphatic carbocycles. The van der Waals surface area contributed by atoms with E-state index >= 15 is 0 Å². The van der Waals surface area contributed by atoms with Crippen molar-refractivity contribution in [2.75, 3.05) is 20.3 Å². The summed E-state index contributed by atoms with van der Waals surface area (Å²) in [6, 6.07) is 0.846. The van der Waals surface area contributed by atoms with Crippen molar-refractivity contribution in [1.29, 1.82) is 0 Å². The Morgan fingerprint density at radius 1 is 1.00 bits per heavy atom. The van der Waals surface area contributed by atoms with E-state index in [1.807, 2.05) is 0 Å². The highest BCUT2D eigenvalue weighted by Gasteiger charge is 2.31. The molecule has 0 saturated carbocycles. The van der Waals surface area contributed by atoms with Crippen LogP contribution in [0, 0.1) is 0 Å². The second-order valence-electron chi connectivity index (χ2n) is 6.92. The highest BCUT2D eigenvalue weighted by molar-refractivity contribution is 6.11. The zero-order valence-electron chi connectivity index (χ0n) is 15.2. The first-order chi connectivity index (χ1) is 10.8. The number of ether oxygens (including phenoxy) is 2. The zero-order chi connectivity index (χ0) is 16.0. The second-order valence-corrected chi connectivity index (χ2v) is 6.92. The van der Waals surface area contributed by atoms with Gasteiger partial charge in [0.25, 0.3) is 0 Å². The molecular weight excluding hydrogens is 273 g/mol. The Bertz CT molecular complexity index is 253. The summed E-state index contributed by atoms with van der Waals surface area (Å²) in [6.45, 7) is 4.11. The maximum atomic E-state index is 5.88. The normalized spacial score (nSPS) is 24.9. The fourth-order valence-electron chi connectivity index (χ4n) is 3.39. The van der Waals surface area contributed by atoms with Crippen molar-refractivity contribution >= 4 is 7.85 Å². The SMILES string of the molecule is B[C@H]1CC(NCCCCCCCCCCCC)[C@@H](COC)O1. The lowest BCUT2D eigenvalue weighted by atomic mass is 9.95. The Hall–Kier alpha value is -0.0551. The smallest absolute Gasteiger partial charge is 0.139 e. The van der Waals surface area contributed by atoms with Gasteiger partial charge in [-0.05, 0) is 19.4 Å². The van der Waals surface area contributed by atoms with Gasteiger partial charge in [0, 0.05) is 19.2 Å². The first-order valence-electron chi connectivity index (χ1n) is 9.65. The molecule has 0 aromatic rings. The molecule has 22 heavy (non-hydrogen) atoms. The van der Waals surface area contributed by atoms with E-state index < -0.39 is 0 Å². The molecule has 1 fully saturated rings. The average molecular weight is 311 g/mol. The summed E-state index contributed by atoms with van der Waals surface area (Å²) in [5, 5.41) is 3.67. The monoisotopic (exact) mass is 311 g/mol. The maximum Gasteiger partial charge on any atom is 0.139 e. The highest BCUT2D eigenvalue weighted by Crippen LogP contribution is 2.19. The number of hydrogen-bond acceptors (Lipinski definition) is 3. The van der Waals surface area contributed by atoms with Crippen molar-refractivity contribution in [3.05, 3.63) is 0 Å². The Morgan fingerprint density at radius 2 is 1.59 bits per heavy atom. The van der Waals surface area contributed by atoms with Gasteiger partial charge in [0.1, 0.15) is 7.85 Å². The fourth-order valence-corrected chi connectivity index (χ4v) is 3.39. The molecule has 3 nitrogen and oxygen atoms in total. The lowest BCUT2D eigenvalue weighted by Crippen LogP contribution is -2.39. The fraction of sp³-hybridized carbons (Fsp3) is 1.00. The van der Waals surface area contributed by atoms with Crippen molar-refractivity contribution in [2.24, 2.45) is 0 Å². The number of hydrogen-bond donors (Lipinski definition) is 1. The Kier molecular flexibility index (Phi) is 12.2. The van der Waals surface area contributed by atoms with Gasteiger partial charge >= 0.3 is 0 Å². The van der Waals surface area contributed by atoms with Gasteiger partial charge in [-0.2, -0.15) is 0 Å². The number of methoxy groups -OCH3 is 1. The van der Waals surface area contributed by atoms with Gasteiger partial charge in [0.05, 0.1) is 12.7 Å². The van der Waals surface area contributed by atoms with E-state index in [4.69, 9.17) is 9.47 Å². The largest absolute Gasteiger partial charge is 0.382 e. The summed E-state index contributed by atoms with van der Waals surface area (Å²) in [7, 11) is 3.91. The van der Waals surface area contributed by atoms with Crippen LogP contribution in [0.4, 0.5) is 0 Å². The summed E-state index contributed by atoms with van der Waals surface area (Å²) in [5.74, 6) is 0. The number of rotatable bonds is 14. The van der Waals surface area contributed by atoms with Crippen LogP contribution in [0.1, 0.15) is 77.6 Å². The molecule has 1 aliphatic heterocycles. The molecule has 0 bridgehead atoms. The van der Waals surface area contributed by atoms with Crippen molar-refractivity contribution in [3.8, 4) is 0 Å². The molecule has 1 rings (SSSR count). The average Bonchev–Trinajstić information content (AvgIpc) is 2.85. The van der Waals surface area contributed by atoms with E-state index in [1.165, 1.54) is 64.2 Å².